The largest absolute Gasteiger partial charge is 0.389 e. The van der Waals surface area contributed by atoms with Gasteiger partial charge in [-0.2, -0.15) is 4.98 Å². The molecule has 4 rings (SSSR count). The Kier molecular flexibility index (Phi) is 9.77. The molecule has 9 heteroatoms. The molecule has 7 nitrogen and oxygen atoms in total. The van der Waals surface area contributed by atoms with Crippen molar-refractivity contribution in [1.29, 1.82) is 0 Å². The van der Waals surface area contributed by atoms with Crippen LogP contribution in [-0.4, -0.2) is 38.7 Å². The Balaban J connectivity index is 1.74. The van der Waals surface area contributed by atoms with Gasteiger partial charge in [-0.05, 0) is 62.1 Å². The molecule has 3 aromatic rings. The molecule has 0 aliphatic carbocycles. The Morgan fingerprint density at radius 2 is 1.79 bits per heavy atom. The predicted molar refractivity (Wildman–Crippen MR) is 177 cm³/mol. The van der Waals surface area contributed by atoms with E-state index in [4.69, 9.17) is 28.2 Å². The molecule has 0 radical (unpaired) electrons. The Hall–Kier alpha value is -3.65. The summed E-state index contributed by atoms with van der Waals surface area (Å²) >= 11 is 14.0. The summed E-state index contributed by atoms with van der Waals surface area (Å²) in [5.74, 6) is 1.12. The molecule has 1 aliphatic heterocycles. The van der Waals surface area contributed by atoms with Crippen molar-refractivity contribution >= 4 is 52.3 Å². The third kappa shape index (κ3) is 7.04. The van der Waals surface area contributed by atoms with Crippen LogP contribution in [0.1, 0.15) is 55.6 Å². The molecule has 0 bridgehead atoms. The van der Waals surface area contributed by atoms with Crippen LogP contribution in [0.3, 0.4) is 0 Å². The van der Waals surface area contributed by atoms with Gasteiger partial charge in [-0.3, -0.25) is 4.98 Å². The smallest absolute Gasteiger partial charge is 0.224 e. The van der Waals surface area contributed by atoms with Crippen molar-refractivity contribution in [2.45, 2.75) is 52.6 Å². The molecular formula is C33H38Cl2N6O. The fourth-order valence-electron chi connectivity index (χ4n) is 4.66. The summed E-state index contributed by atoms with van der Waals surface area (Å²) in [6.07, 6.45) is 9.40. The van der Waals surface area contributed by atoms with Gasteiger partial charge in [-0.15, -0.1) is 0 Å². The van der Waals surface area contributed by atoms with Crippen molar-refractivity contribution in [1.82, 2.24) is 15.0 Å². The van der Waals surface area contributed by atoms with Gasteiger partial charge in [0.25, 0.3) is 0 Å². The summed E-state index contributed by atoms with van der Waals surface area (Å²) in [6, 6.07) is 6.03. The SMILES string of the molecule is C=CC(=C)Nc1ccc(CCN2C(=C)C(c3c(Cl)c(CC)cc(CC)c3Cl)=Cc3cnc(NCC(C)(C)O)nc32)nc1. The minimum atomic E-state index is -0.922. The number of anilines is 3. The molecule has 0 unspecified atom stereocenters. The highest BCUT2D eigenvalue weighted by Crippen LogP contribution is 2.45. The van der Waals surface area contributed by atoms with E-state index in [1.54, 1.807) is 32.3 Å². The Bertz CT molecular complexity index is 1510. The number of aryl methyl sites for hydroxylation is 2. The molecular weight excluding hydrogens is 567 g/mol. The van der Waals surface area contributed by atoms with Crippen LogP contribution in [0.25, 0.3) is 11.6 Å². The molecule has 0 saturated carbocycles. The maximum atomic E-state index is 10.2. The second kappa shape index (κ2) is 13.1. The summed E-state index contributed by atoms with van der Waals surface area (Å²) in [4.78, 5) is 16.0. The number of fused-ring (bicyclic) bond motifs is 1. The number of nitrogens with zero attached hydrogens (tertiary/aromatic N) is 4. The zero-order valence-corrected chi connectivity index (χ0v) is 26.2. The first-order valence-electron chi connectivity index (χ1n) is 14.0. The van der Waals surface area contributed by atoms with E-state index in [1.165, 1.54) is 0 Å². The van der Waals surface area contributed by atoms with Gasteiger partial charge in [-0.1, -0.05) is 62.9 Å². The van der Waals surface area contributed by atoms with Gasteiger partial charge in [0.2, 0.25) is 5.95 Å². The zero-order valence-electron chi connectivity index (χ0n) is 24.7. The molecule has 42 heavy (non-hydrogen) atoms. The number of rotatable bonds is 12. The molecule has 0 atom stereocenters. The highest BCUT2D eigenvalue weighted by molar-refractivity contribution is 6.39. The van der Waals surface area contributed by atoms with Crippen LogP contribution in [0.5, 0.6) is 0 Å². The molecule has 220 valence electrons. The molecule has 2 aromatic heterocycles. The summed E-state index contributed by atoms with van der Waals surface area (Å²) < 4.78 is 0. The average Bonchev–Trinajstić information content (AvgIpc) is 2.96. The van der Waals surface area contributed by atoms with Crippen LogP contribution in [0, 0.1) is 0 Å². The molecule has 1 aromatic carbocycles. The van der Waals surface area contributed by atoms with Gasteiger partial charge in [0.05, 0.1) is 27.5 Å². The lowest BCUT2D eigenvalue weighted by Gasteiger charge is -2.33. The second-order valence-corrected chi connectivity index (χ2v) is 11.6. The first-order chi connectivity index (χ1) is 19.9. The van der Waals surface area contributed by atoms with Crippen molar-refractivity contribution in [3.8, 4) is 0 Å². The number of nitrogens with one attached hydrogen (secondary N) is 2. The number of hydrogen-bond donors (Lipinski definition) is 3. The van der Waals surface area contributed by atoms with E-state index in [9.17, 15) is 5.11 Å². The van der Waals surface area contributed by atoms with Gasteiger partial charge in [0, 0.05) is 59.5 Å². The molecule has 0 amide bonds. The van der Waals surface area contributed by atoms with E-state index < -0.39 is 5.60 Å². The molecule has 3 heterocycles. The maximum Gasteiger partial charge on any atom is 0.224 e. The summed E-state index contributed by atoms with van der Waals surface area (Å²) in [7, 11) is 0. The van der Waals surface area contributed by atoms with Crippen molar-refractivity contribution in [3.05, 3.63) is 106 Å². The van der Waals surface area contributed by atoms with Crippen LogP contribution in [-0.2, 0) is 19.3 Å². The van der Waals surface area contributed by atoms with E-state index in [1.807, 2.05) is 18.2 Å². The van der Waals surface area contributed by atoms with Crippen LogP contribution >= 0.6 is 23.2 Å². The number of halogens is 2. The van der Waals surface area contributed by atoms with Crippen LogP contribution in [0.4, 0.5) is 17.5 Å². The van der Waals surface area contributed by atoms with Crippen LogP contribution in [0.15, 0.2) is 67.8 Å². The number of allylic oxidation sites excluding steroid dienone is 2. The third-order valence-electron chi connectivity index (χ3n) is 7.02. The number of aromatic nitrogens is 3. The molecule has 0 saturated heterocycles. The summed E-state index contributed by atoms with van der Waals surface area (Å²) in [6.45, 7) is 20.6. The van der Waals surface area contributed by atoms with E-state index in [0.717, 1.165) is 57.7 Å². The molecule has 0 spiro atoms. The molecule has 1 aliphatic rings. The minimum Gasteiger partial charge on any atom is -0.389 e. The Morgan fingerprint density at radius 1 is 1.10 bits per heavy atom. The number of benzene rings is 1. The van der Waals surface area contributed by atoms with Gasteiger partial charge in [0.15, 0.2) is 0 Å². The Labute approximate surface area is 258 Å². The highest BCUT2D eigenvalue weighted by atomic mass is 35.5. The molecule has 0 fully saturated rings. The van der Waals surface area contributed by atoms with E-state index in [-0.39, 0.29) is 0 Å². The first-order valence-corrected chi connectivity index (χ1v) is 14.8. The topological polar surface area (TPSA) is 86.2 Å². The van der Waals surface area contributed by atoms with E-state index >= 15 is 0 Å². The highest BCUT2D eigenvalue weighted by Gasteiger charge is 2.29. The lowest BCUT2D eigenvalue weighted by molar-refractivity contribution is 0.0943. The lowest BCUT2D eigenvalue weighted by atomic mass is 9.92. The van der Waals surface area contributed by atoms with Crippen LogP contribution in [0.2, 0.25) is 10.0 Å². The average molecular weight is 606 g/mol. The summed E-state index contributed by atoms with van der Waals surface area (Å²) in [5.41, 5.74) is 6.75. The van der Waals surface area contributed by atoms with Crippen molar-refractivity contribution < 1.29 is 5.11 Å². The second-order valence-electron chi connectivity index (χ2n) is 10.8. The van der Waals surface area contributed by atoms with E-state index in [0.29, 0.717) is 47.0 Å². The minimum absolute atomic E-state index is 0.297. The fraction of sp³-hybridized carbons (Fsp3) is 0.303. The lowest BCUT2D eigenvalue weighted by Crippen LogP contribution is -2.32. The first kappa shape index (κ1) is 31.3. The Morgan fingerprint density at radius 3 is 2.36 bits per heavy atom. The summed E-state index contributed by atoms with van der Waals surface area (Å²) in [5, 5.41) is 17.8. The van der Waals surface area contributed by atoms with Crippen molar-refractivity contribution in [2.75, 3.05) is 28.6 Å². The van der Waals surface area contributed by atoms with Crippen molar-refractivity contribution in [2.24, 2.45) is 0 Å². The number of pyridine rings is 1. The quantitative estimate of drug-likeness (QED) is 0.182. The monoisotopic (exact) mass is 604 g/mol. The maximum absolute atomic E-state index is 10.2. The molecule has 3 N–H and O–H groups in total. The van der Waals surface area contributed by atoms with Crippen LogP contribution < -0.4 is 15.5 Å². The normalized spacial score (nSPS) is 13.0. The van der Waals surface area contributed by atoms with Gasteiger partial charge >= 0.3 is 0 Å². The van der Waals surface area contributed by atoms with Crippen molar-refractivity contribution in [3.63, 3.8) is 0 Å². The van der Waals surface area contributed by atoms with E-state index in [2.05, 4.69) is 65.2 Å². The number of hydrogen-bond acceptors (Lipinski definition) is 7. The third-order valence-corrected chi connectivity index (χ3v) is 7.88. The van der Waals surface area contributed by atoms with Gasteiger partial charge in [-0.25, -0.2) is 4.98 Å². The van der Waals surface area contributed by atoms with Gasteiger partial charge < -0.3 is 20.6 Å². The van der Waals surface area contributed by atoms with Gasteiger partial charge in [0.1, 0.15) is 5.82 Å². The predicted octanol–water partition coefficient (Wildman–Crippen LogP) is 7.71. The fourth-order valence-corrected chi connectivity index (χ4v) is 5.48. The standard InChI is InChI=1S/C33H38Cl2N6O/c1-8-20(4)39-26-12-11-25(36-18-26)13-14-41-21(5)27(28-29(34)22(9-2)15-23(10-3)30(28)35)16-24-17-37-32(40-31(24)41)38-19-33(6,7)42/h8,11-12,15-18,39,42H,1,4-5,9-10,13-14,19H2,2-3,6-7H3,(H,37,38,40). The zero-order chi connectivity index (χ0) is 30.6. The number of aliphatic hydroxyl groups is 1.